The molecule has 0 N–H and O–H groups in total. The van der Waals surface area contributed by atoms with Crippen LogP contribution in [0.2, 0.25) is 0 Å². The number of carbonyl (C=O) groups excluding carboxylic acids is 2. The van der Waals surface area contributed by atoms with Crippen molar-refractivity contribution in [1.29, 1.82) is 0 Å². The quantitative estimate of drug-likeness (QED) is 0.348. The predicted molar refractivity (Wildman–Crippen MR) is 110 cm³/mol. The Morgan fingerprint density at radius 1 is 1.10 bits per heavy atom. The van der Waals surface area contributed by atoms with Gasteiger partial charge in [-0.2, -0.15) is 0 Å². The number of fused-ring (bicyclic) bond motifs is 1. The van der Waals surface area contributed by atoms with Crippen LogP contribution in [-0.4, -0.2) is 28.1 Å². The third-order valence-electron chi connectivity index (χ3n) is 5.09. The Morgan fingerprint density at radius 2 is 1.90 bits per heavy atom. The highest BCUT2D eigenvalue weighted by Gasteiger charge is 2.20. The monoisotopic (exact) mass is 406 g/mol. The molecule has 0 unspecified atom stereocenters. The highest BCUT2D eigenvalue weighted by atomic mass is 16.5. The van der Waals surface area contributed by atoms with Gasteiger partial charge >= 0.3 is 5.97 Å². The van der Waals surface area contributed by atoms with E-state index in [1.54, 1.807) is 25.3 Å². The number of aromatic nitrogens is 2. The molecule has 0 spiro atoms. The van der Waals surface area contributed by atoms with Crippen molar-refractivity contribution in [3.8, 4) is 5.82 Å². The number of hydrogen-bond donors (Lipinski definition) is 0. The van der Waals surface area contributed by atoms with Crippen LogP contribution in [0.3, 0.4) is 0 Å². The Kier molecular flexibility index (Phi) is 5.03. The van der Waals surface area contributed by atoms with Gasteiger partial charge in [-0.1, -0.05) is 17.3 Å². The number of ether oxygens (including phenoxy) is 1. The molecule has 0 amide bonds. The fraction of sp³-hybridized carbons (Fsp3) is 0.261. The Morgan fingerprint density at radius 3 is 2.63 bits per heavy atom. The summed E-state index contributed by atoms with van der Waals surface area (Å²) in [6.07, 6.45) is 1.60. The van der Waals surface area contributed by atoms with Crippen LogP contribution in [0.5, 0.6) is 0 Å². The first kappa shape index (κ1) is 19.7. The van der Waals surface area contributed by atoms with Crippen molar-refractivity contribution in [2.24, 2.45) is 0 Å². The number of hydrogen-bond acceptors (Lipinski definition) is 6. The average molecular weight is 406 g/mol. The normalized spacial score (nSPS) is 11.2. The van der Waals surface area contributed by atoms with Gasteiger partial charge in [0.1, 0.15) is 11.3 Å². The third kappa shape index (κ3) is 3.66. The van der Waals surface area contributed by atoms with Crippen LogP contribution in [0.25, 0.3) is 16.8 Å². The van der Waals surface area contributed by atoms with Gasteiger partial charge in [0.05, 0.1) is 12.7 Å². The van der Waals surface area contributed by atoms with Gasteiger partial charge in [0.2, 0.25) is 5.78 Å². The van der Waals surface area contributed by atoms with Crippen molar-refractivity contribution in [2.75, 3.05) is 6.61 Å². The molecule has 4 rings (SSSR count). The van der Waals surface area contributed by atoms with Crippen LogP contribution in [0, 0.1) is 27.7 Å². The number of furan rings is 1. The molecule has 0 atom stereocenters. The molecular formula is C23H22N2O5. The highest BCUT2D eigenvalue weighted by molar-refractivity contribution is 5.99. The molecule has 154 valence electrons. The summed E-state index contributed by atoms with van der Waals surface area (Å²) < 4.78 is 17.7. The van der Waals surface area contributed by atoms with E-state index < -0.39 is 5.97 Å². The average Bonchev–Trinajstić information content (AvgIpc) is 3.37. The molecule has 3 aromatic heterocycles. The van der Waals surface area contributed by atoms with Crippen LogP contribution in [-0.2, 0) is 16.0 Å². The Balaban J connectivity index is 1.44. The summed E-state index contributed by atoms with van der Waals surface area (Å²) in [5.41, 5.74) is 4.60. The molecule has 0 radical (unpaired) electrons. The minimum atomic E-state index is -0.479. The van der Waals surface area contributed by atoms with Crippen molar-refractivity contribution < 1.29 is 23.3 Å². The van der Waals surface area contributed by atoms with E-state index in [9.17, 15) is 9.59 Å². The maximum atomic E-state index is 12.7. The Hall–Kier alpha value is -3.61. The number of aryl methyl sites for hydroxylation is 3. The second kappa shape index (κ2) is 7.67. The number of Topliss-reactive ketones (excluding diaryl/α,β-unsaturated/α-hetero) is 1. The van der Waals surface area contributed by atoms with Gasteiger partial charge in [0.25, 0.3) is 0 Å². The van der Waals surface area contributed by atoms with Crippen LogP contribution in [0.4, 0.5) is 0 Å². The van der Waals surface area contributed by atoms with Crippen molar-refractivity contribution in [1.82, 2.24) is 9.72 Å². The SMILES string of the molecule is Cc1ccc2c(CC(=O)OCC(=O)c3cc(C)n(-c4cc(C)on4)c3C)coc2c1. The molecule has 30 heavy (non-hydrogen) atoms. The summed E-state index contributed by atoms with van der Waals surface area (Å²) in [6.45, 7) is 7.16. The number of nitrogens with zero attached hydrogens (tertiary/aromatic N) is 2. The van der Waals surface area contributed by atoms with Gasteiger partial charge in [0, 0.05) is 34.0 Å². The molecular weight excluding hydrogens is 384 g/mol. The van der Waals surface area contributed by atoms with Crippen LogP contribution in [0.15, 0.2) is 45.5 Å². The lowest BCUT2D eigenvalue weighted by atomic mass is 10.1. The van der Waals surface area contributed by atoms with Gasteiger partial charge in [-0.05, 0) is 45.4 Å². The van der Waals surface area contributed by atoms with E-state index in [0.29, 0.717) is 17.1 Å². The largest absolute Gasteiger partial charge is 0.464 e. The minimum absolute atomic E-state index is 0.0422. The number of benzene rings is 1. The molecule has 0 aliphatic rings. The summed E-state index contributed by atoms with van der Waals surface area (Å²) >= 11 is 0. The smallest absolute Gasteiger partial charge is 0.310 e. The molecule has 0 aliphatic carbocycles. The Bertz CT molecular complexity index is 1260. The number of esters is 1. The van der Waals surface area contributed by atoms with Crippen molar-refractivity contribution in [3.63, 3.8) is 0 Å². The van der Waals surface area contributed by atoms with E-state index in [1.807, 2.05) is 43.5 Å². The molecule has 0 saturated heterocycles. The fourth-order valence-electron chi connectivity index (χ4n) is 3.61. The number of ketones is 1. The van der Waals surface area contributed by atoms with Crippen molar-refractivity contribution in [3.05, 3.63) is 70.4 Å². The van der Waals surface area contributed by atoms with E-state index in [2.05, 4.69) is 5.16 Å². The first-order chi connectivity index (χ1) is 14.3. The molecule has 4 aromatic rings. The highest BCUT2D eigenvalue weighted by Crippen LogP contribution is 2.24. The van der Waals surface area contributed by atoms with Crippen LogP contribution >= 0.6 is 0 Å². The van der Waals surface area contributed by atoms with E-state index in [0.717, 1.165) is 33.5 Å². The second-order valence-corrected chi connectivity index (χ2v) is 7.44. The predicted octanol–water partition coefficient (Wildman–Crippen LogP) is 4.41. The fourth-order valence-corrected chi connectivity index (χ4v) is 3.61. The topological polar surface area (TPSA) is 87.5 Å². The van der Waals surface area contributed by atoms with Crippen molar-refractivity contribution in [2.45, 2.75) is 34.1 Å². The molecule has 7 heteroatoms. The maximum absolute atomic E-state index is 12.7. The zero-order valence-electron chi connectivity index (χ0n) is 17.3. The molecule has 0 aliphatic heterocycles. The molecule has 3 heterocycles. The lowest BCUT2D eigenvalue weighted by molar-refractivity contribution is -0.141. The minimum Gasteiger partial charge on any atom is -0.464 e. The molecule has 0 bridgehead atoms. The lowest BCUT2D eigenvalue weighted by Crippen LogP contribution is -2.16. The van der Waals surface area contributed by atoms with Gasteiger partial charge in [0.15, 0.2) is 12.4 Å². The maximum Gasteiger partial charge on any atom is 0.310 e. The summed E-state index contributed by atoms with van der Waals surface area (Å²) in [5, 5.41) is 4.88. The van der Waals surface area contributed by atoms with Gasteiger partial charge in [-0.15, -0.1) is 0 Å². The standard InChI is InChI=1S/C23H22N2O5/c1-13-5-6-18-17(11-28-21(18)7-13)10-23(27)29-12-20(26)19-8-14(2)25(16(19)4)22-9-15(3)30-24-22/h5-9,11H,10,12H2,1-4H3. The number of rotatable bonds is 6. The van der Waals surface area contributed by atoms with Crippen LogP contribution in [0.1, 0.15) is 38.6 Å². The summed E-state index contributed by atoms with van der Waals surface area (Å²) in [5.74, 6) is 0.546. The van der Waals surface area contributed by atoms with E-state index >= 15 is 0 Å². The van der Waals surface area contributed by atoms with E-state index in [-0.39, 0.29) is 18.8 Å². The molecule has 0 fully saturated rings. The summed E-state index contributed by atoms with van der Waals surface area (Å²) in [6, 6.07) is 9.36. The summed E-state index contributed by atoms with van der Waals surface area (Å²) in [4.78, 5) is 25.0. The first-order valence-corrected chi connectivity index (χ1v) is 9.61. The van der Waals surface area contributed by atoms with Gasteiger partial charge < -0.3 is 13.7 Å². The third-order valence-corrected chi connectivity index (χ3v) is 5.09. The molecule has 7 nitrogen and oxygen atoms in total. The van der Waals surface area contributed by atoms with Crippen molar-refractivity contribution >= 4 is 22.7 Å². The van der Waals surface area contributed by atoms with E-state index in [1.165, 1.54) is 0 Å². The van der Waals surface area contributed by atoms with Crippen LogP contribution < -0.4 is 0 Å². The number of carbonyl (C=O) groups is 2. The molecule has 0 saturated carbocycles. The summed E-state index contributed by atoms with van der Waals surface area (Å²) in [7, 11) is 0. The van der Waals surface area contributed by atoms with Gasteiger partial charge in [-0.3, -0.25) is 14.2 Å². The lowest BCUT2D eigenvalue weighted by Gasteiger charge is -2.06. The first-order valence-electron chi connectivity index (χ1n) is 9.61. The van der Waals surface area contributed by atoms with Gasteiger partial charge in [-0.25, -0.2) is 0 Å². The second-order valence-electron chi connectivity index (χ2n) is 7.44. The van der Waals surface area contributed by atoms with E-state index in [4.69, 9.17) is 13.7 Å². The Labute approximate surface area is 173 Å². The zero-order chi connectivity index (χ0) is 21.4. The molecule has 1 aromatic carbocycles. The zero-order valence-corrected chi connectivity index (χ0v) is 17.3.